The molecule has 1 fully saturated rings. The lowest BCUT2D eigenvalue weighted by molar-refractivity contribution is -0.131. The smallest absolute Gasteiger partial charge is 0.229 e. The van der Waals surface area contributed by atoms with Crippen molar-refractivity contribution >= 4 is 5.91 Å². The predicted octanol–water partition coefficient (Wildman–Crippen LogP) is 1.56. The third-order valence-electron chi connectivity index (χ3n) is 2.47. The van der Waals surface area contributed by atoms with Crippen LogP contribution in [0, 0.1) is 5.92 Å². The van der Waals surface area contributed by atoms with Gasteiger partial charge >= 0.3 is 0 Å². The maximum absolute atomic E-state index is 11.2. The van der Waals surface area contributed by atoms with Gasteiger partial charge in [0.1, 0.15) is 0 Å². The molecule has 0 spiro atoms. The van der Waals surface area contributed by atoms with Gasteiger partial charge < -0.3 is 5.32 Å². The fourth-order valence-corrected chi connectivity index (χ4v) is 1.66. The number of carbonyl (C=O) groups is 1. The Morgan fingerprint density at radius 2 is 2.31 bits per heavy atom. The first-order valence-electron chi connectivity index (χ1n) is 4.58. The molecule has 68 valence electrons. The van der Waals surface area contributed by atoms with Crippen LogP contribution < -0.4 is 5.32 Å². The normalized spacial score (nSPS) is 40.7. The monoisotopic (exact) mass is 175 g/mol. The molecule has 0 saturated carbocycles. The van der Waals surface area contributed by atoms with Crippen LogP contribution in [0.4, 0.5) is 0 Å². The molecule has 2 rings (SSSR count). The zero-order valence-electron chi connectivity index (χ0n) is 7.66. The van der Waals surface area contributed by atoms with E-state index in [1.54, 1.807) is 0 Å². The van der Waals surface area contributed by atoms with Gasteiger partial charge in [0.05, 0.1) is 12.0 Å². The summed E-state index contributed by atoms with van der Waals surface area (Å²) in [5, 5.41) is 2.86. The van der Waals surface area contributed by atoms with E-state index in [1.807, 2.05) is 18.2 Å². The Balaban J connectivity index is 2.22. The van der Waals surface area contributed by atoms with Crippen molar-refractivity contribution in [2.75, 3.05) is 0 Å². The number of allylic oxidation sites excluding steroid dienone is 4. The molecule has 1 saturated heterocycles. The van der Waals surface area contributed by atoms with Crippen LogP contribution >= 0.6 is 0 Å². The molecule has 1 N–H and O–H groups in total. The first-order valence-corrected chi connectivity index (χ1v) is 4.58. The van der Waals surface area contributed by atoms with Crippen molar-refractivity contribution in [2.45, 2.75) is 19.4 Å². The first-order chi connectivity index (χ1) is 6.27. The van der Waals surface area contributed by atoms with Crippen LogP contribution in [0.1, 0.15) is 13.3 Å². The summed E-state index contributed by atoms with van der Waals surface area (Å²) in [6.07, 6.45) is 11.2. The highest BCUT2D eigenvalue weighted by Crippen LogP contribution is 2.21. The van der Waals surface area contributed by atoms with E-state index >= 15 is 0 Å². The zero-order chi connectivity index (χ0) is 9.26. The summed E-state index contributed by atoms with van der Waals surface area (Å²) in [5.74, 6) is 0.215. The van der Waals surface area contributed by atoms with Gasteiger partial charge in [-0.25, -0.2) is 0 Å². The Kier molecular flexibility index (Phi) is 2.05. The minimum absolute atomic E-state index is 0.0659. The number of carbonyl (C=O) groups excluding carboxylic acids is 1. The second-order valence-electron chi connectivity index (χ2n) is 3.59. The fraction of sp³-hybridized carbons (Fsp3) is 0.364. The second-order valence-corrected chi connectivity index (χ2v) is 3.59. The van der Waals surface area contributed by atoms with E-state index in [-0.39, 0.29) is 17.9 Å². The molecule has 0 aromatic carbocycles. The van der Waals surface area contributed by atoms with Gasteiger partial charge in [0.15, 0.2) is 0 Å². The van der Waals surface area contributed by atoms with Crippen molar-refractivity contribution in [3.63, 3.8) is 0 Å². The molecule has 2 heteroatoms. The van der Waals surface area contributed by atoms with Crippen molar-refractivity contribution < 1.29 is 4.79 Å². The standard InChI is InChI=1S/C11H13NO/c1-8-5-3-2-4-6-10-9(7-8)11(13)12-10/h2-4,6-7,9-10H,5H2,1H3,(H,12,13)/b3-2-,6-4-,8-7-/t9-,10-/m0/s1. The largest absolute Gasteiger partial charge is 0.348 e. The number of fused-ring (bicyclic) bond motifs is 1. The summed E-state index contributed by atoms with van der Waals surface area (Å²) >= 11 is 0. The second kappa shape index (κ2) is 3.21. The molecule has 2 aliphatic rings. The number of β-lactam (4-membered cyclic amide) rings is 1. The van der Waals surface area contributed by atoms with E-state index in [9.17, 15) is 4.79 Å². The van der Waals surface area contributed by atoms with Crippen molar-refractivity contribution in [3.8, 4) is 0 Å². The topological polar surface area (TPSA) is 29.1 Å². The fourth-order valence-electron chi connectivity index (χ4n) is 1.66. The van der Waals surface area contributed by atoms with Crippen LogP contribution in [0.5, 0.6) is 0 Å². The Labute approximate surface area is 78.0 Å². The van der Waals surface area contributed by atoms with Crippen molar-refractivity contribution in [2.24, 2.45) is 5.92 Å². The summed E-state index contributed by atoms with van der Waals surface area (Å²) in [6, 6.07) is 0.213. The number of hydrogen-bond donors (Lipinski definition) is 1. The summed E-state index contributed by atoms with van der Waals surface area (Å²) in [6.45, 7) is 2.07. The van der Waals surface area contributed by atoms with Gasteiger partial charge in [0, 0.05) is 0 Å². The average Bonchev–Trinajstić information content (AvgIpc) is 2.17. The molecular weight excluding hydrogens is 162 g/mol. The predicted molar refractivity (Wildman–Crippen MR) is 52.1 cm³/mol. The molecule has 0 radical (unpaired) electrons. The minimum Gasteiger partial charge on any atom is -0.348 e. The van der Waals surface area contributed by atoms with Crippen LogP contribution in [-0.4, -0.2) is 11.9 Å². The van der Waals surface area contributed by atoms with Gasteiger partial charge in [-0.1, -0.05) is 36.0 Å². The molecule has 2 atom stereocenters. The third kappa shape index (κ3) is 1.57. The maximum atomic E-state index is 11.2. The van der Waals surface area contributed by atoms with Crippen LogP contribution in [0.25, 0.3) is 0 Å². The molecule has 0 unspecified atom stereocenters. The first kappa shape index (κ1) is 8.30. The maximum Gasteiger partial charge on any atom is 0.229 e. The highest BCUT2D eigenvalue weighted by Gasteiger charge is 2.35. The van der Waals surface area contributed by atoms with Gasteiger partial charge in [-0.05, 0) is 13.3 Å². The molecule has 2 nitrogen and oxygen atoms in total. The Morgan fingerprint density at radius 3 is 3.08 bits per heavy atom. The molecule has 0 aromatic heterocycles. The van der Waals surface area contributed by atoms with Gasteiger partial charge in [0.2, 0.25) is 5.91 Å². The quantitative estimate of drug-likeness (QED) is 0.439. The minimum atomic E-state index is 0.0659. The molecule has 1 aliphatic heterocycles. The highest BCUT2D eigenvalue weighted by molar-refractivity contribution is 5.88. The highest BCUT2D eigenvalue weighted by atomic mass is 16.2. The Hall–Kier alpha value is -1.31. The molecular formula is C11H13NO. The van der Waals surface area contributed by atoms with Crippen LogP contribution in [0.15, 0.2) is 36.0 Å². The van der Waals surface area contributed by atoms with E-state index in [0.29, 0.717) is 0 Å². The van der Waals surface area contributed by atoms with Gasteiger partial charge in [-0.15, -0.1) is 0 Å². The number of nitrogens with one attached hydrogen (secondary N) is 1. The van der Waals surface area contributed by atoms with Crippen LogP contribution in [0.3, 0.4) is 0 Å². The van der Waals surface area contributed by atoms with E-state index in [4.69, 9.17) is 0 Å². The van der Waals surface area contributed by atoms with Crippen molar-refractivity contribution in [1.82, 2.24) is 5.32 Å². The summed E-state index contributed by atoms with van der Waals surface area (Å²) in [7, 11) is 0. The van der Waals surface area contributed by atoms with Gasteiger partial charge in [-0.3, -0.25) is 4.79 Å². The molecule has 1 aliphatic carbocycles. The molecule has 0 bridgehead atoms. The number of amides is 1. The van der Waals surface area contributed by atoms with E-state index in [2.05, 4.69) is 24.4 Å². The molecule has 13 heavy (non-hydrogen) atoms. The SMILES string of the molecule is C/C1=C/[C@@H]2C(=O)N[C@H]2/C=C\C=C/C1. The van der Waals surface area contributed by atoms with Crippen LogP contribution in [0.2, 0.25) is 0 Å². The van der Waals surface area contributed by atoms with Gasteiger partial charge in [0.25, 0.3) is 0 Å². The Bertz CT molecular complexity index is 312. The summed E-state index contributed by atoms with van der Waals surface area (Å²) in [4.78, 5) is 11.2. The summed E-state index contributed by atoms with van der Waals surface area (Å²) < 4.78 is 0. The molecule has 1 amide bonds. The molecule has 1 heterocycles. The Morgan fingerprint density at radius 1 is 1.46 bits per heavy atom. The van der Waals surface area contributed by atoms with Crippen molar-refractivity contribution in [1.29, 1.82) is 0 Å². The zero-order valence-corrected chi connectivity index (χ0v) is 7.66. The van der Waals surface area contributed by atoms with Gasteiger partial charge in [-0.2, -0.15) is 0 Å². The average molecular weight is 175 g/mol. The van der Waals surface area contributed by atoms with E-state index in [0.717, 1.165) is 6.42 Å². The third-order valence-corrected chi connectivity index (χ3v) is 2.47. The van der Waals surface area contributed by atoms with Crippen molar-refractivity contribution in [3.05, 3.63) is 36.0 Å². The summed E-state index contributed by atoms with van der Waals surface area (Å²) in [5.41, 5.74) is 1.27. The lowest BCUT2D eigenvalue weighted by atomic mass is 9.88. The molecule has 0 aromatic rings. The number of rotatable bonds is 0. The lowest BCUT2D eigenvalue weighted by Gasteiger charge is -2.32. The van der Waals surface area contributed by atoms with E-state index in [1.165, 1.54) is 5.57 Å². The number of hydrogen-bond acceptors (Lipinski definition) is 1. The van der Waals surface area contributed by atoms with Crippen LogP contribution in [-0.2, 0) is 4.79 Å². The van der Waals surface area contributed by atoms with E-state index < -0.39 is 0 Å². The lowest BCUT2D eigenvalue weighted by Crippen LogP contribution is -2.56.